The number of hydrogen-bond donors (Lipinski definition) is 0. The molecule has 0 N–H and O–H groups in total. The van der Waals surface area contributed by atoms with Crippen molar-refractivity contribution in [3.63, 3.8) is 0 Å². The number of halogens is 1. The quantitative estimate of drug-likeness (QED) is 0.193. The van der Waals surface area contributed by atoms with Crippen LogP contribution < -0.4 is 16.0 Å². The van der Waals surface area contributed by atoms with Crippen LogP contribution in [0.15, 0.2) is 58.0 Å². The minimum absolute atomic E-state index is 0.170. The van der Waals surface area contributed by atoms with Gasteiger partial charge >= 0.3 is 5.69 Å². The number of hydrogen-bond acceptors (Lipinski definition) is 7. The third-order valence-electron chi connectivity index (χ3n) is 5.24. The van der Waals surface area contributed by atoms with Gasteiger partial charge in [-0.05, 0) is 30.7 Å². The Balaban J connectivity index is 1.42. The molecule has 0 aliphatic carbocycles. The molecule has 1 aromatic carbocycles. The zero-order valence-corrected chi connectivity index (χ0v) is 19.7. The highest BCUT2D eigenvalue weighted by atomic mass is 32.2. The zero-order valence-electron chi connectivity index (χ0n) is 18.8. The Bertz CT molecular complexity index is 1440. The first kappa shape index (κ1) is 23.5. The van der Waals surface area contributed by atoms with Crippen LogP contribution in [0.1, 0.15) is 12.2 Å². The van der Waals surface area contributed by atoms with Crippen molar-refractivity contribution in [3.05, 3.63) is 75.7 Å². The van der Waals surface area contributed by atoms with E-state index in [1.807, 2.05) is 4.57 Å². The van der Waals surface area contributed by atoms with Crippen molar-refractivity contribution >= 4 is 22.9 Å². The molecular formula is C22H24FN7O3S. The van der Waals surface area contributed by atoms with Gasteiger partial charge in [-0.3, -0.25) is 18.5 Å². The fourth-order valence-corrected chi connectivity index (χ4v) is 4.39. The molecule has 10 nitrogen and oxygen atoms in total. The van der Waals surface area contributed by atoms with Gasteiger partial charge in [0.2, 0.25) is 0 Å². The fourth-order valence-electron chi connectivity index (χ4n) is 3.50. The number of fused-ring (bicyclic) bond motifs is 1. The minimum atomic E-state index is -0.392. The summed E-state index contributed by atoms with van der Waals surface area (Å²) in [5.41, 5.74) is 0.0247. The highest BCUT2D eigenvalue weighted by Crippen LogP contribution is 2.20. The molecule has 0 atom stereocenters. The van der Waals surface area contributed by atoms with Crippen LogP contribution in [-0.4, -0.2) is 39.2 Å². The van der Waals surface area contributed by atoms with E-state index in [0.717, 1.165) is 0 Å². The summed E-state index contributed by atoms with van der Waals surface area (Å²) in [6.45, 7) is 4.72. The normalized spacial score (nSPS) is 11.3. The number of benzene rings is 1. The molecule has 0 aliphatic rings. The van der Waals surface area contributed by atoms with Crippen LogP contribution in [0.5, 0.6) is 5.75 Å². The SMILES string of the molecule is C=CCn1c(COc2ccc(F)cc2)nnc1SCCCn1c(=O)c2c(ncn2C)n(C)c1=O. The number of aromatic nitrogens is 7. The van der Waals surface area contributed by atoms with Crippen LogP contribution in [0.4, 0.5) is 4.39 Å². The molecule has 3 heterocycles. The number of ether oxygens (including phenoxy) is 1. The number of nitrogens with zero attached hydrogens (tertiary/aromatic N) is 7. The van der Waals surface area contributed by atoms with Crippen molar-refractivity contribution in [1.82, 2.24) is 33.4 Å². The predicted octanol–water partition coefficient (Wildman–Crippen LogP) is 2.11. The number of allylic oxidation sites excluding steroid dienone is 1. The maximum Gasteiger partial charge on any atom is 0.332 e. The van der Waals surface area contributed by atoms with Crippen LogP contribution in [-0.2, 0) is 33.8 Å². The molecule has 34 heavy (non-hydrogen) atoms. The summed E-state index contributed by atoms with van der Waals surface area (Å²) < 4.78 is 24.9. The van der Waals surface area contributed by atoms with Gasteiger partial charge in [-0.15, -0.1) is 16.8 Å². The Labute approximate surface area is 198 Å². The second-order valence-electron chi connectivity index (χ2n) is 7.57. The minimum Gasteiger partial charge on any atom is -0.486 e. The first-order valence-corrected chi connectivity index (χ1v) is 11.5. The highest BCUT2D eigenvalue weighted by Gasteiger charge is 2.16. The van der Waals surface area contributed by atoms with Crippen molar-refractivity contribution in [2.24, 2.45) is 14.1 Å². The molecular weight excluding hydrogens is 461 g/mol. The summed E-state index contributed by atoms with van der Waals surface area (Å²) in [6, 6.07) is 5.76. The molecule has 0 bridgehead atoms. The van der Waals surface area contributed by atoms with Gasteiger partial charge in [0.25, 0.3) is 5.56 Å². The lowest BCUT2D eigenvalue weighted by molar-refractivity contribution is 0.288. The number of imidazole rings is 1. The molecule has 3 aromatic heterocycles. The summed E-state index contributed by atoms with van der Waals surface area (Å²) in [5, 5.41) is 9.13. The molecule has 0 radical (unpaired) electrons. The van der Waals surface area contributed by atoms with Gasteiger partial charge in [0.05, 0.1) is 6.33 Å². The Morgan fingerprint density at radius 2 is 1.91 bits per heavy atom. The lowest BCUT2D eigenvalue weighted by Gasteiger charge is -2.10. The first-order chi connectivity index (χ1) is 16.4. The molecule has 0 fully saturated rings. The standard InChI is InChI=1S/C22H24FN7O3S/c1-4-10-29-17(13-33-16-8-6-15(23)7-9-16)25-26-21(29)34-12-5-11-30-20(31)18-19(24-14-27(18)2)28(3)22(30)32/h4,6-9,14H,1,5,10-13H2,2-3H3. The van der Waals surface area contributed by atoms with Crippen molar-refractivity contribution < 1.29 is 9.13 Å². The van der Waals surface area contributed by atoms with Crippen LogP contribution in [0.25, 0.3) is 11.2 Å². The molecule has 4 aromatic rings. The third-order valence-corrected chi connectivity index (χ3v) is 6.30. The summed E-state index contributed by atoms with van der Waals surface area (Å²) >= 11 is 1.47. The first-order valence-electron chi connectivity index (χ1n) is 10.6. The smallest absolute Gasteiger partial charge is 0.332 e. The van der Waals surface area contributed by atoms with E-state index in [1.54, 1.807) is 36.9 Å². The van der Waals surface area contributed by atoms with E-state index in [4.69, 9.17) is 4.74 Å². The average Bonchev–Trinajstić information content (AvgIpc) is 3.40. The average molecular weight is 486 g/mol. The molecule has 0 saturated heterocycles. The Hall–Kier alpha value is -3.67. The Morgan fingerprint density at radius 1 is 1.15 bits per heavy atom. The topological polar surface area (TPSA) is 102 Å². The fraction of sp³-hybridized carbons (Fsp3) is 0.318. The molecule has 178 valence electrons. The van der Waals surface area contributed by atoms with E-state index in [2.05, 4.69) is 21.8 Å². The Kier molecular flexibility index (Phi) is 6.96. The Morgan fingerprint density at radius 3 is 2.65 bits per heavy atom. The lowest BCUT2D eigenvalue weighted by atomic mass is 10.3. The second-order valence-corrected chi connectivity index (χ2v) is 8.63. The number of rotatable bonds is 10. The van der Waals surface area contributed by atoms with E-state index in [0.29, 0.717) is 46.6 Å². The van der Waals surface area contributed by atoms with Gasteiger partial charge in [-0.1, -0.05) is 17.8 Å². The largest absolute Gasteiger partial charge is 0.486 e. The summed E-state index contributed by atoms with van der Waals surface area (Å²) in [4.78, 5) is 29.6. The molecule has 0 spiro atoms. The van der Waals surface area contributed by atoms with Crippen molar-refractivity contribution in [2.75, 3.05) is 5.75 Å². The van der Waals surface area contributed by atoms with E-state index < -0.39 is 5.69 Å². The monoisotopic (exact) mass is 485 g/mol. The van der Waals surface area contributed by atoms with Gasteiger partial charge < -0.3 is 9.30 Å². The van der Waals surface area contributed by atoms with Gasteiger partial charge in [-0.2, -0.15) is 0 Å². The van der Waals surface area contributed by atoms with Crippen LogP contribution >= 0.6 is 11.8 Å². The van der Waals surface area contributed by atoms with Gasteiger partial charge in [0, 0.05) is 32.9 Å². The molecule has 0 aliphatic heterocycles. The summed E-state index contributed by atoms with van der Waals surface area (Å²) in [6.07, 6.45) is 3.84. The molecule has 4 rings (SSSR count). The molecule has 0 amide bonds. The van der Waals surface area contributed by atoms with Crippen LogP contribution in [0.3, 0.4) is 0 Å². The summed E-state index contributed by atoms with van der Waals surface area (Å²) in [5.74, 6) is 1.42. The van der Waals surface area contributed by atoms with Gasteiger partial charge in [0.1, 0.15) is 18.2 Å². The van der Waals surface area contributed by atoms with Crippen molar-refractivity contribution in [2.45, 2.75) is 31.3 Å². The molecule has 0 saturated carbocycles. The highest BCUT2D eigenvalue weighted by molar-refractivity contribution is 7.99. The van der Waals surface area contributed by atoms with Gasteiger partial charge in [-0.25, -0.2) is 14.2 Å². The third kappa shape index (κ3) is 4.67. The van der Waals surface area contributed by atoms with E-state index in [-0.39, 0.29) is 24.5 Å². The van der Waals surface area contributed by atoms with E-state index in [9.17, 15) is 14.0 Å². The van der Waals surface area contributed by atoms with Crippen molar-refractivity contribution in [1.29, 1.82) is 0 Å². The zero-order chi connectivity index (χ0) is 24.2. The van der Waals surface area contributed by atoms with Crippen LogP contribution in [0, 0.1) is 5.82 Å². The maximum atomic E-state index is 13.1. The van der Waals surface area contributed by atoms with E-state index >= 15 is 0 Å². The predicted molar refractivity (Wildman–Crippen MR) is 127 cm³/mol. The molecule has 12 heteroatoms. The summed E-state index contributed by atoms with van der Waals surface area (Å²) in [7, 11) is 3.33. The molecule has 0 unspecified atom stereocenters. The van der Waals surface area contributed by atoms with Gasteiger partial charge in [0.15, 0.2) is 22.1 Å². The van der Waals surface area contributed by atoms with E-state index in [1.165, 1.54) is 39.4 Å². The van der Waals surface area contributed by atoms with Crippen LogP contribution in [0.2, 0.25) is 0 Å². The lowest BCUT2D eigenvalue weighted by Crippen LogP contribution is -2.39. The van der Waals surface area contributed by atoms with Crippen molar-refractivity contribution in [3.8, 4) is 5.75 Å². The number of aryl methyl sites for hydroxylation is 2. The maximum absolute atomic E-state index is 13.1. The second kappa shape index (κ2) is 10.1. The number of thioether (sulfide) groups is 1.